The minimum absolute atomic E-state index is 0.134. The van der Waals surface area contributed by atoms with Crippen LogP contribution in [0.5, 0.6) is 0 Å². The van der Waals surface area contributed by atoms with Crippen LogP contribution in [0.2, 0.25) is 0 Å². The summed E-state index contributed by atoms with van der Waals surface area (Å²) in [4.78, 5) is 72.3. The Morgan fingerprint density at radius 1 is 0.694 bits per heavy atom. The first-order valence-corrected chi connectivity index (χ1v) is 18.0. The van der Waals surface area contributed by atoms with Gasteiger partial charge in [0, 0.05) is 39.5 Å². The Morgan fingerprint density at radius 3 is 1.90 bits per heavy atom. The summed E-state index contributed by atoms with van der Waals surface area (Å²) in [6.07, 6.45) is 5.68. The zero-order chi connectivity index (χ0) is 36.1. The molecule has 12 heteroatoms. The molecular weight excluding hydrogens is 636 g/mol. The van der Waals surface area contributed by atoms with Gasteiger partial charge in [0.1, 0.15) is 25.1 Å². The molecule has 10 atom stereocenters. The van der Waals surface area contributed by atoms with Gasteiger partial charge < -0.3 is 28.4 Å². The average Bonchev–Trinajstić information content (AvgIpc) is 3.35. The molecule has 0 aromatic heterocycles. The molecule has 0 aliphatic heterocycles. The molecule has 0 aromatic rings. The Bertz CT molecular complexity index is 1230. The first-order valence-electron chi connectivity index (χ1n) is 18.0. The van der Waals surface area contributed by atoms with E-state index in [9.17, 15) is 28.8 Å². The van der Waals surface area contributed by atoms with Gasteiger partial charge in [-0.2, -0.15) is 0 Å². The fraction of sp³-hybridized carbons (Fsp3) is 0.838. The number of hydrogen-bond donors (Lipinski definition) is 0. The smallest absolute Gasteiger partial charge is 0.462 e. The van der Waals surface area contributed by atoms with Crippen LogP contribution in [0.4, 0.5) is 4.79 Å². The summed E-state index contributed by atoms with van der Waals surface area (Å²) in [6, 6.07) is 0. The highest BCUT2D eigenvalue weighted by Crippen LogP contribution is 2.67. The Morgan fingerprint density at radius 2 is 1.29 bits per heavy atom. The number of ketones is 1. The molecular formula is C37H56O12. The van der Waals surface area contributed by atoms with Crippen molar-refractivity contribution in [1.29, 1.82) is 0 Å². The van der Waals surface area contributed by atoms with E-state index in [1.54, 1.807) is 13.8 Å². The molecule has 4 aliphatic rings. The Balaban J connectivity index is 1.18. The van der Waals surface area contributed by atoms with Crippen molar-refractivity contribution in [2.24, 2.45) is 46.3 Å². The topological polar surface area (TPSA) is 158 Å². The molecule has 49 heavy (non-hydrogen) atoms. The summed E-state index contributed by atoms with van der Waals surface area (Å²) in [5.41, 5.74) is 0.328. The van der Waals surface area contributed by atoms with Crippen LogP contribution in [-0.2, 0) is 52.4 Å². The van der Waals surface area contributed by atoms with Crippen molar-refractivity contribution < 1.29 is 57.2 Å². The summed E-state index contributed by atoms with van der Waals surface area (Å²) in [7, 11) is 0. The van der Waals surface area contributed by atoms with E-state index in [1.807, 2.05) is 0 Å². The van der Waals surface area contributed by atoms with Crippen molar-refractivity contribution in [3.8, 4) is 0 Å². The van der Waals surface area contributed by atoms with Crippen molar-refractivity contribution >= 4 is 35.8 Å². The Kier molecular flexibility index (Phi) is 12.8. The van der Waals surface area contributed by atoms with Crippen LogP contribution >= 0.6 is 0 Å². The third-order valence-electron chi connectivity index (χ3n) is 12.2. The van der Waals surface area contributed by atoms with E-state index in [-0.39, 0.29) is 48.9 Å². The zero-order valence-corrected chi connectivity index (χ0v) is 30.3. The number of Topliss-reactive ketones (excluding diaryl/α,β-unsaturated/α-hetero) is 1. The first-order chi connectivity index (χ1) is 23.0. The highest BCUT2D eigenvalue weighted by molar-refractivity contribution is 5.79. The quantitative estimate of drug-likeness (QED) is 0.124. The number of hydrogen-bond acceptors (Lipinski definition) is 12. The lowest BCUT2D eigenvalue weighted by Crippen LogP contribution is -2.54. The maximum atomic E-state index is 12.7. The third-order valence-corrected chi connectivity index (χ3v) is 12.2. The van der Waals surface area contributed by atoms with Gasteiger partial charge in [-0.25, -0.2) is 4.79 Å². The summed E-state index contributed by atoms with van der Waals surface area (Å²) in [6.45, 7) is 11.5. The maximum absolute atomic E-state index is 12.7. The van der Waals surface area contributed by atoms with Gasteiger partial charge >= 0.3 is 30.0 Å². The van der Waals surface area contributed by atoms with Crippen LogP contribution in [0.1, 0.15) is 119 Å². The number of ether oxygens (including phenoxy) is 6. The number of rotatable bonds is 13. The van der Waals surface area contributed by atoms with Crippen LogP contribution < -0.4 is 0 Å². The minimum Gasteiger partial charge on any atom is -0.462 e. The molecule has 2 unspecified atom stereocenters. The van der Waals surface area contributed by atoms with Gasteiger partial charge in [0.15, 0.2) is 6.10 Å². The largest absolute Gasteiger partial charge is 0.511 e. The highest BCUT2D eigenvalue weighted by atomic mass is 16.8. The molecule has 0 N–H and O–H groups in total. The van der Waals surface area contributed by atoms with Gasteiger partial charge in [-0.3, -0.25) is 24.0 Å². The molecule has 4 saturated carbocycles. The average molecular weight is 693 g/mol. The lowest BCUT2D eigenvalue weighted by Gasteiger charge is -2.61. The second-order valence-electron chi connectivity index (χ2n) is 15.6. The molecule has 4 rings (SSSR count). The fourth-order valence-electron chi connectivity index (χ4n) is 9.96. The Labute approximate surface area is 290 Å². The van der Waals surface area contributed by atoms with E-state index in [0.717, 1.165) is 51.4 Å². The van der Waals surface area contributed by atoms with Crippen molar-refractivity contribution in [1.82, 2.24) is 0 Å². The lowest BCUT2D eigenvalue weighted by molar-refractivity contribution is -0.173. The molecule has 276 valence electrons. The van der Waals surface area contributed by atoms with E-state index in [1.165, 1.54) is 27.2 Å². The molecule has 0 aromatic carbocycles. The zero-order valence-electron chi connectivity index (χ0n) is 30.3. The minimum atomic E-state index is -1.18. The van der Waals surface area contributed by atoms with Gasteiger partial charge in [0.25, 0.3) is 0 Å². The van der Waals surface area contributed by atoms with Crippen LogP contribution in [0, 0.1) is 46.3 Å². The van der Waals surface area contributed by atoms with Gasteiger partial charge in [0.2, 0.25) is 6.29 Å². The van der Waals surface area contributed by atoms with Gasteiger partial charge in [0.05, 0.1) is 0 Å². The second kappa shape index (κ2) is 16.2. The number of carbonyl (C=O) groups excluding carboxylic acids is 6. The third kappa shape index (κ3) is 9.54. The summed E-state index contributed by atoms with van der Waals surface area (Å²) >= 11 is 0. The molecule has 0 spiro atoms. The van der Waals surface area contributed by atoms with Crippen molar-refractivity contribution in [3.05, 3.63) is 0 Å². The van der Waals surface area contributed by atoms with Gasteiger partial charge in [-0.05, 0) is 105 Å². The molecule has 0 bridgehead atoms. The van der Waals surface area contributed by atoms with E-state index >= 15 is 0 Å². The molecule has 4 fully saturated rings. The van der Waals surface area contributed by atoms with E-state index in [4.69, 9.17) is 28.4 Å². The molecule has 4 aliphatic carbocycles. The Hall–Kier alpha value is -3.18. The van der Waals surface area contributed by atoms with E-state index < -0.39 is 48.3 Å². The predicted octanol–water partition coefficient (Wildman–Crippen LogP) is 6.10. The fourth-order valence-corrected chi connectivity index (χ4v) is 9.96. The normalized spacial score (nSPS) is 33.1. The maximum Gasteiger partial charge on any atom is 0.511 e. The predicted molar refractivity (Wildman–Crippen MR) is 174 cm³/mol. The van der Waals surface area contributed by atoms with Crippen LogP contribution in [0.15, 0.2) is 0 Å². The van der Waals surface area contributed by atoms with Crippen molar-refractivity contribution in [2.45, 2.75) is 138 Å². The second-order valence-corrected chi connectivity index (χ2v) is 15.6. The van der Waals surface area contributed by atoms with Crippen LogP contribution in [0.3, 0.4) is 0 Å². The SMILES string of the molecule is CC(=O)OCC(COC(C)=O)OC(=O)CC(C)CC(=O)OC(C)OC(=O)O[C@H]1CC[C@@]2(C)[C@@H](CC[C@@H]3[C@@H]2CC[C@]2(C)[C@@H](C(C)=O)CC[C@@H]32)C1. The van der Waals surface area contributed by atoms with Crippen LogP contribution in [-0.4, -0.2) is 67.5 Å². The number of fused-ring (bicyclic) bond motifs is 5. The molecule has 12 nitrogen and oxygen atoms in total. The van der Waals surface area contributed by atoms with Gasteiger partial charge in [-0.1, -0.05) is 20.8 Å². The molecule has 0 saturated heterocycles. The monoisotopic (exact) mass is 692 g/mol. The molecule has 0 radical (unpaired) electrons. The van der Waals surface area contributed by atoms with Crippen LogP contribution in [0.25, 0.3) is 0 Å². The first kappa shape index (κ1) is 38.6. The van der Waals surface area contributed by atoms with E-state index in [2.05, 4.69) is 13.8 Å². The molecule has 0 heterocycles. The number of esters is 4. The summed E-state index contributed by atoms with van der Waals surface area (Å²) in [5.74, 6) is -0.0428. The summed E-state index contributed by atoms with van der Waals surface area (Å²) < 4.78 is 31.2. The standard InChI is InChI=1S/C37H56O12/c1-21(17-34(42)48-28(19-44-23(3)39)20-45-24(4)40)16-33(41)46-25(5)47-35(43)49-27-12-14-36(6)26(18-27)8-9-29-31-11-10-30(22(2)38)37(31,7)15-13-32(29)36/h21,25-32H,8-20H2,1-7H3/t21?,25?,26-,27-,29-,30+,31-,32-,36-,37+/m0/s1. The van der Waals surface area contributed by atoms with E-state index in [0.29, 0.717) is 29.5 Å². The lowest BCUT2D eigenvalue weighted by atomic mass is 9.44. The van der Waals surface area contributed by atoms with Crippen molar-refractivity contribution in [2.75, 3.05) is 13.2 Å². The molecule has 0 amide bonds. The number of carbonyl (C=O) groups is 6. The van der Waals surface area contributed by atoms with Gasteiger partial charge in [-0.15, -0.1) is 0 Å². The van der Waals surface area contributed by atoms with Crippen molar-refractivity contribution in [3.63, 3.8) is 0 Å². The highest BCUT2D eigenvalue weighted by Gasteiger charge is 2.61. The summed E-state index contributed by atoms with van der Waals surface area (Å²) in [5, 5.41) is 0.